The number of benzene rings is 2. The maximum absolute atomic E-state index is 13.2. The summed E-state index contributed by atoms with van der Waals surface area (Å²) in [7, 11) is 1.61. The molecule has 0 aromatic heterocycles. The monoisotopic (exact) mass is 460 g/mol. The maximum atomic E-state index is 13.2. The van der Waals surface area contributed by atoms with Crippen LogP contribution < -0.4 is 10.1 Å². The van der Waals surface area contributed by atoms with Crippen molar-refractivity contribution in [3.05, 3.63) is 65.5 Å². The quantitative estimate of drug-likeness (QED) is 0.501. The SMILES string of the molecule is CC[C@H](C(=O)NCC(C)C)N(Cc1ccc(OC)cc1)C(=O)CSCc1ccc(F)cc1. The van der Waals surface area contributed by atoms with E-state index in [1.165, 1.54) is 23.9 Å². The number of carbonyl (C=O) groups excluding carboxylic acids is 2. The molecule has 0 aliphatic rings. The van der Waals surface area contributed by atoms with Crippen molar-refractivity contribution in [2.45, 2.75) is 45.5 Å². The van der Waals surface area contributed by atoms with E-state index in [-0.39, 0.29) is 23.4 Å². The molecule has 2 aromatic rings. The van der Waals surface area contributed by atoms with Crippen molar-refractivity contribution in [3.8, 4) is 5.75 Å². The van der Waals surface area contributed by atoms with Gasteiger partial charge in [0.25, 0.3) is 0 Å². The van der Waals surface area contributed by atoms with E-state index in [1.807, 2.05) is 45.0 Å². The Hall–Kier alpha value is -2.54. The maximum Gasteiger partial charge on any atom is 0.242 e. The standard InChI is InChI=1S/C25H33FN2O3S/c1-5-23(25(30)27-14-18(2)3)28(15-19-8-12-22(31-4)13-9-19)24(29)17-32-16-20-6-10-21(26)11-7-20/h6-13,18,23H,5,14-17H2,1-4H3,(H,27,30)/t23-/m1/s1. The second-order valence-electron chi connectivity index (χ2n) is 8.05. The molecule has 2 amide bonds. The number of rotatable bonds is 12. The average molecular weight is 461 g/mol. The van der Waals surface area contributed by atoms with Crippen LogP contribution in [-0.2, 0) is 21.9 Å². The van der Waals surface area contributed by atoms with Crippen LogP contribution in [0.4, 0.5) is 4.39 Å². The molecule has 0 fully saturated rings. The summed E-state index contributed by atoms with van der Waals surface area (Å²) in [6.07, 6.45) is 0.522. The largest absolute Gasteiger partial charge is 0.497 e. The summed E-state index contributed by atoms with van der Waals surface area (Å²) in [5.41, 5.74) is 1.88. The highest BCUT2D eigenvalue weighted by molar-refractivity contribution is 7.99. The summed E-state index contributed by atoms with van der Waals surface area (Å²) in [6, 6.07) is 13.2. The van der Waals surface area contributed by atoms with Crippen molar-refractivity contribution < 1.29 is 18.7 Å². The van der Waals surface area contributed by atoms with Crippen molar-refractivity contribution in [1.29, 1.82) is 0 Å². The van der Waals surface area contributed by atoms with Crippen LogP contribution in [0.2, 0.25) is 0 Å². The first kappa shape index (κ1) is 25.7. The lowest BCUT2D eigenvalue weighted by molar-refractivity contribution is -0.139. The van der Waals surface area contributed by atoms with E-state index in [1.54, 1.807) is 24.1 Å². The molecular formula is C25H33FN2O3S. The summed E-state index contributed by atoms with van der Waals surface area (Å²) in [6.45, 7) is 6.90. The first-order valence-corrected chi connectivity index (χ1v) is 12.0. The molecule has 0 aliphatic heterocycles. The van der Waals surface area contributed by atoms with Crippen molar-refractivity contribution >= 4 is 23.6 Å². The molecule has 1 atom stereocenters. The van der Waals surface area contributed by atoms with Crippen LogP contribution in [0.1, 0.15) is 38.3 Å². The van der Waals surface area contributed by atoms with Crippen LogP contribution in [0.25, 0.3) is 0 Å². The molecular weight excluding hydrogens is 427 g/mol. The van der Waals surface area contributed by atoms with Gasteiger partial charge < -0.3 is 15.0 Å². The number of hydrogen-bond donors (Lipinski definition) is 1. The van der Waals surface area contributed by atoms with E-state index in [0.717, 1.165) is 16.9 Å². The van der Waals surface area contributed by atoms with Crippen LogP contribution in [0.3, 0.4) is 0 Å². The highest BCUT2D eigenvalue weighted by atomic mass is 32.2. The van der Waals surface area contributed by atoms with Gasteiger partial charge in [0.05, 0.1) is 12.9 Å². The lowest BCUT2D eigenvalue weighted by atomic mass is 10.1. The number of methoxy groups -OCH3 is 1. The molecule has 0 saturated carbocycles. The average Bonchev–Trinajstić information content (AvgIpc) is 2.79. The molecule has 0 spiro atoms. The van der Waals surface area contributed by atoms with Gasteiger partial charge in [0.15, 0.2) is 0 Å². The van der Waals surface area contributed by atoms with Gasteiger partial charge in [-0.2, -0.15) is 0 Å². The van der Waals surface area contributed by atoms with E-state index in [2.05, 4.69) is 5.32 Å². The van der Waals surface area contributed by atoms with Crippen molar-refractivity contribution in [3.63, 3.8) is 0 Å². The summed E-state index contributed by atoms with van der Waals surface area (Å²) in [5.74, 6) is 1.39. The summed E-state index contributed by atoms with van der Waals surface area (Å²) < 4.78 is 18.3. The van der Waals surface area contributed by atoms with E-state index in [9.17, 15) is 14.0 Å². The summed E-state index contributed by atoms with van der Waals surface area (Å²) in [5, 5.41) is 2.96. The number of thioether (sulfide) groups is 1. The molecule has 0 bridgehead atoms. The predicted molar refractivity (Wildman–Crippen MR) is 128 cm³/mol. The number of halogens is 1. The molecule has 32 heavy (non-hydrogen) atoms. The molecule has 2 aromatic carbocycles. The first-order valence-electron chi connectivity index (χ1n) is 10.9. The number of nitrogens with one attached hydrogen (secondary N) is 1. The smallest absolute Gasteiger partial charge is 0.242 e. The minimum atomic E-state index is -0.547. The third-order valence-electron chi connectivity index (χ3n) is 4.99. The molecule has 0 unspecified atom stereocenters. The summed E-state index contributed by atoms with van der Waals surface area (Å²) >= 11 is 1.46. The number of nitrogens with zero attached hydrogens (tertiary/aromatic N) is 1. The van der Waals surface area contributed by atoms with E-state index in [0.29, 0.717) is 31.2 Å². The molecule has 2 rings (SSSR count). The lowest BCUT2D eigenvalue weighted by Crippen LogP contribution is -2.50. The normalized spacial score (nSPS) is 11.8. The Bertz CT molecular complexity index is 856. The number of ether oxygens (including phenoxy) is 1. The Morgan fingerprint density at radius 3 is 2.25 bits per heavy atom. The van der Waals surface area contributed by atoms with Crippen molar-refractivity contribution in [2.75, 3.05) is 19.4 Å². The molecule has 0 heterocycles. The van der Waals surface area contributed by atoms with Crippen LogP contribution in [0.5, 0.6) is 5.75 Å². The highest BCUT2D eigenvalue weighted by Gasteiger charge is 2.28. The van der Waals surface area contributed by atoms with Gasteiger partial charge in [-0.15, -0.1) is 11.8 Å². The zero-order chi connectivity index (χ0) is 23.5. The van der Waals surface area contributed by atoms with Crippen LogP contribution in [0.15, 0.2) is 48.5 Å². The number of amides is 2. The van der Waals surface area contributed by atoms with Crippen molar-refractivity contribution in [2.24, 2.45) is 5.92 Å². The van der Waals surface area contributed by atoms with E-state index >= 15 is 0 Å². The van der Waals surface area contributed by atoms with E-state index in [4.69, 9.17) is 4.74 Å². The molecule has 1 N–H and O–H groups in total. The second-order valence-corrected chi connectivity index (χ2v) is 9.04. The fourth-order valence-corrected chi connectivity index (χ4v) is 4.06. The molecule has 5 nitrogen and oxygen atoms in total. The van der Waals surface area contributed by atoms with Gasteiger partial charge in [-0.05, 0) is 47.7 Å². The van der Waals surface area contributed by atoms with Gasteiger partial charge in [0.2, 0.25) is 11.8 Å². The van der Waals surface area contributed by atoms with Gasteiger partial charge >= 0.3 is 0 Å². The first-order chi connectivity index (χ1) is 15.3. The molecule has 7 heteroatoms. The van der Waals surface area contributed by atoms with Gasteiger partial charge in [-0.25, -0.2) is 4.39 Å². The second kappa shape index (κ2) is 13.1. The highest BCUT2D eigenvalue weighted by Crippen LogP contribution is 2.19. The van der Waals surface area contributed by atoms with Gasteiger partial charge in [-0.1, -0.05) is 45.0 Å². The lowest BCUT2D eigenvalue weighted by Gasteiger charge is -2.31. The number of carbonyl (C=O) groups is 2. The third kappa shape index (κ3) is 8.19. The van der Waals surface area contributed by atoms with Crippen LogP contribution in [0, 0.1) is 11.7 Å². The Kier molecular flexibility index (Phi) is 10.5. The Morgan fingerprint density at radius 2 is 1.69 bits per heavy atom. The van der Waals surface area contributed by atoms with Crippen molar-refractivity contribution in [1.82, 2.24) is 10.2 Å². The molecule has 0 aliphatic carbocycles. The Balaban J connectivity index is 2.11. The Labute approximate surface area is 194 Å². The Morgan fingerprint density at radius 1 is 1.06 bits per heavy atom. The van der Waals surface area contributed by atoms with Crippen LogP contribution >= 0.6 is 11.8 Å². The fraction of sp³-hybridized carbons (Fsp3) is 0.440. The number of hydrogen-bond acceptors (Lipinski definition) is 4. The molecule has 0 radical (unpaired) electrons. The predicted octanol–water partition coefficient (Wildman–Crippen LogP) is 4.65. The van der Waals surface area contributed by atoms with E-state index < -0.39 is 6.04 Å². The fourth-order valence-electron chi connectivity index (χ4n) is 3.19. The molecule has 0 saturated heterocycles. The van der Waals surface area contributed by atoms with Gasteiger partial charge in [-0.3, -0.25) is 9.59 Å². The summed E-state index contributed by atoms with van der Waals surface area (Å²) in [4.78, 5) is 27.7. The van der Waals surface area contributed by atoms with Crippen LogP contribution in [-0.4, -0.2) is 42.2 Å². The van der Waals surface area contributed by atoms with Gasteiger partial charge in [0.1, 0.15) is 17.6 Å². The zero-order valence-electron chi connectivity index (χ0n) is 19.3. The molecule has 174 valence electrons. The minimum absolute atomic E-state index is 0.0977. The minimum Gasteiger partial charge on any atom is -0.497 e. The zero-order valence-corrected chi connectivity index (χ0v) is 20.1. The topological polar surface area (TPSA) is 58.6 Å². The van der Waals surface area contributed by atoms with Gasteiger partial charge in [0, 0.05) is 18.8 Å². The third-order valence-corrected chi connectivity index (χ3v) is 5.98.